The van der Waals surface area contributed by atoms with Gasteiger partial charge in [-0.05, 0) is 37.0 Å². The maximum Gasteiger partial charge on any atom is 0.0618 e. The van der Waals surface area contributed by atoms with Crippen LogP contribution < -0.4 is 0 Å². The molecule has 18 heavy (non-hydrogen) atoms. The first-order chi connectivity index (χ1) is 8.40. The van der Waals surface area contributed by atoms with Crippen molar-refractivity contribution in [2.45, 2.75) is 45.6 Å². The van der Waals surface area contributed by atoms with Crippen molar-refractivity contribution in [2.24, 2.45) is 22.7 Å². The summed E-state index contributed by atoms with van der Waals surface area (Å²) < 4.78 is 0. The molecule has 0 amide bonds. The maximum atomic E-state index is 10.3. The Balaban J connectivity index is 2.42. The van der Waals surface area contributed by atoms with Crippen molar-refractivity contribution in [3.8, 4) is 0 Å². The van der Waals surface area contributed by atoms with Gasteiger partial charge in [-0.2, -0.15) is 0 Å². The molecule has 102 valence electrons. The Morgan fingerprint density at radius 1 is 1.39 bits per heavy atom. The molecule has 2 saturated carbocycles. The van der Waals surface area contributed by atoms with Crippen LogP contribution in [0.5, 0.6) is 0 Å². The van der Waals surface area contributed by atoms with Gasteiger partial charge in [-0.15, -0.1) is 6.58 Å². The van der Waals surface area contributed by atoms with Crippen LogP contribution in [0, 0.1) is 22.7 Å². The lowest BCUT2D eigenvalue weighted by Gasteiger charge is -2.59. The van der Waals surface area contributed by atoms with Crippen LogP contribution in [0.25, 0.3) is 0 Å². The second-order valence-electron chi connectivity index (χ2n) is 6.69. The third kappa shape index (κ3) is 1.70. The summed E-state index contributed by atoms with van der Waals surface area (Å²) in [7, 11) is 0. The van der Waals surface area contributed by atoms with Gasteiger partial charge in [0, 0.05) is 11.3 Å². The van der Waals surface area contributed by atoms with E-state index in [2.05, 4.69) is 20.1 Å². The first kappa shape index (κ1) is 13.8. The van der Waals surface area contributed by atoms with Crippen LogP contribution in [-0.4, -0.2) is 22.9 Å². The predicted octanol–water partition coefficient (Wildman–Crippen LogP) is 2.91. The fourth-order valence-corrected chi connectivity index (χ4v) is 4.57. The van der Waals surface area contributed by atoms with Gasteiger partial charge in [-0.1, -0.05) is 32.1 Å². The number of fused-ring (bicyclic) bond motifs is 1. The molecule has 2 aliphatic carbocycles. The SMILES string of the molecule is C=CC1C(=C)CCC2C(C)(CO)C(O)CCC12C. The van der Waals surface area contributed by atoms with E-state index in [9.17, 15) is 10.2 Å². The molecule has 0 aromatic heterocycles. The molecule has 2 heteroatoms. The first-order valence-electron chi connectivity index (χ1n) is 6.99. The zero-order chi connectivity index (χ0) is 13.6. The Bertz CT molecular complexity index is 362. The molecule has 2 rings (SSSR count). The van der Waals surface area contributed by atoms with Crippen molar-refractivity contribution in [1.29, 1.82) is 0 Å². The largest absolute Gasteiger partial charge is 0.396 e. The summed E-state index contributed by atoms with van der Waals surface area (Å²) in [5.74, 6) is 0.655. The Labute approximate surface area is 110 Å². The monoisotopic (exact) mass is 250 g/mol. The molecule has 0 bridgehead atoms. The number of aliphatic hydroxyl groups excluding tert-OH is 2. The molecule has 0 aromatic carbocycles. The van der Waals surface area contributed by atoms with Crippen molar-refractivity contribution < 1.29 is 10.2 Å². The molecule has 5 atom stereocenters. The van der Waals surface area contributed by atoms with Crippen LogP contribution in [0.1, 0.15) is 39.5 Å². The van der Waals surface area contributed by atoms with Crippen LogP contribution >= 0.6 is 0 Å². The van der Waals surface area contributed by atoms with Gasteiger partial charge in [0.25, 0.3) is 0 Å². The summed E-state index contributed by atoms with van der Waals surface area (Å²) in [6, 6.07) is 0. The molecule has 5 unspecified atom stereocenters. The smallest absolute Gasteiger partial charge is 0.0618 e. The average molecular weight is 250 g/mol. The quantitative estimate of drug-likeness (QED) is 0.740. The lowest BCUT2D eigenvalue weighted by molar-refractivity contribution is -0.145. The molecule has 2 fully saturated rings. The Hall–Kier alpha value is -0.600. The molecule has 2 aliphatic rings. The summed E-state index contributed by atoms with van der Waals surface area (Å²) in [6.45, 7) is 12.6. The fourth-order valence-electron chi connectivity index (χ4n) is 4.57. The van der Waals surface area contributed by atoms with Crippen molar-refractivity contribution >= 4 is 0 Å². The molecular formula is C16H26O2. The highest BCUT2D eigenvalue weighted by atomic mass is 16.3. The molecular weight excluding hydrogens is 224 g/mol. The maximum absolute atomic E-state index is 10.3. The van der Waals surface area contributed by atoms with E-state index in [0.29, 0.717) is 11.8 Å². The first-order valence-corrected chi connectivity index (χ1v) is 6.99. The van der Waals surface area contributed by atoms with Gasteiger partial charge in [0.05, 0.1) is 12.7 Å². The number of rotatable bonds is 2. The van der Waals surface area contributed by atoms with Gasteiger partial charge in [-0.25, -0.2) is 0 Å². The second-order valence-corrected chi connectivity index (χ2v) is 6.69. The summed E-state index contributed by atoms with van der Waals surface area (Å²) in [5, 5.41) is 20.1. The summed E-state index contributed by atoms with van der Waals surface area (Å²) in [5.41, 5.74) is 0.975. The standard InChI is InChI=1S/C16H26O2/c1-5-12-11(2)6-7-13-15(12,3)9-8-14(18)16(13,4)10-17/h5,12-14,17-18H,1-2,6-10H2,3-4H3. The van der Waals surface area contributed by atoms with Crippen LogP contribution in [0.2, 0.25) is 0 Å². The molecule has 0 radical (unpaired) electrons. The van der Waals surface area contributed by atoms with Crippen LogP contribution in [0.4, 0.5) is 0 Å². The van der Waals surface area contributed by atoms with Gasteiger partial charge in [0.15, 0.2) is 0 Å². The Kier molecular flexibility index (Phi) is 3.46. The lowest BCUT2D eigenvalue weighted by atomic mass is 9.46. The van der Waals surface area contributed by atoms with Gasteiger partial charge < -0.3 is 10.2 Å². The van der Waals surface area contributed by atoms with E-state index in [1.807, 2.05) is 13.0 Å². The third-order valence-corrected chi connectivity index (χ3v) is 5.79. The topological polar surface area (TPSA) is 40.5 Å². The number of aliphatic hydroxyl groups is 2. The van der Waals surface area contributed by atoms with Crippen molar-refractivity contribution in [2.75, 3.05) is 6.61 Å². The summed E-state index contributed by atoms with van der Waals surface area (Å²) >= 11 is 0. The number of hydrogen-bond acceptors (Lipinski definition) is 2. The van der Waals surface area contributed by atoms with E-state index in [4.69, 9.17) is 0 Å². The molecule has 2 N–H and O–H groups in total. The molecule has 0 aliphatic heterocycles. The average Bonchev–Trinajstić information content (AvgIpc) is 2.34. The zero-order valence-corrected chi connectivity index (χ0v) is 11.7. The minimum atomic E-state index is -0.391. The highest BCUT2D eigenvalue weighted by Gasteiger charge is 2.56. The van der Waals surface area contributed by atoms with Crippen LogP contribution in [0.3, 0.4) is 0 Å². The van der Waals surface area contributed by atoms with Gasteiger partial charge in [0.1, 0.15) is 0 Å². The molecule has 0 heterocycles. The van der Waals surface area contributed by atoms with E-state index >= 15 is 0 Å². The minimum Gasteiger partial charge on any atom is -0.396 e. The van der Waals surface area contributed by atoms with E-state index in [1.165, 1.54) is 5.57 Å². The molecule has 0 spiro atoms. The predicted molar refractivity (Wildman–Crippen MR) is 74.1 cm³/mol. The normalized spacial score (nSPS) is 48.7. The van der Waals surface area contributed by atoms with Crippen LogP contribution in [-0.2, 0) is 0 Å². The lowest BCUT2D eigenvalue weighted by Crippen LogP contribution is -2.57. The Morgan fingerprint density at radius 2 is 2.06 bits per heavy atom. The zero-order valence-electron chi connectivity index (χ0n) is 11.7. The van der Waals surface area contributed by atoms with Crippen LogP contribution in [0.15, 0.2) is 24.8 Å². The van der Waals surface area contributed by atoms with E-state index in [0.717, 1.165) is 25.7 Å². The van der Waals surface area contributed by atoms with E-state index in [-0.39, 0.29) is 17.4 Å². The third-order valence-electron chi connectivity index (χ3n) is 5.79. The molecule has 2 nitrogen and oxygen atoms in total. The minimum absolute atomic E-state index is 0.0603. The highest BCUT2D eigenvalue weighted by molar-refractivity contribution is 5.21. The van der Waals surface area contributed by atoms with Gasteiger partial charge in [-0.3, -0.25) is 0 Å². The van der Waals surface area contributed by atoms with Gasteiger partial charge in [0.2, 0.25) is 0 Å². The Morgan fingerprint density at radius 3 is 2.61 bits per heavy atom. The highest BCUT2D eigenvalue weighted by Crippen LogP contribution is 2.60. The van der Waals surface area contributed by atoms with E-state index < -0.39 is 6.10 Å². The van der Waals surface area contributed by atoms with Crippen molar-refractivity contribution in [3.05, 3.63) is 24.8 Å². The number of hydrogen-bond donors (Lipinski definition) is 2. The summed E-state index contributed by atoms with van der Waals surface area (Å²) in [6.07, 6.45) is 5.39. The second kappa shape index (κ2) is 4.50. The number of allylic oxidation sites excluding steroid dienone is 2. The molecule has 0 saturated heterocycles. The van der Waals surface area contributed by atoms with Crippen molar-refractivity contribution in [1.82, 2.24) is 0 Å². The van der Waals surface area contributed by atoms with E-state index in [1.54, 1.807) is 0 Å². The fraction of sp³-hybridized carbons (Fsp3) is 0.750. The van der Waals surface area contributed by atoms with Crippen molar-refractivity contribution in [3.63, 3.8) is 0 Å². The van der Waals surface area contributed by atoms with Gasteiger partial charge >= 0.3 is 0 Å². The summed E-state index contributed by atoms with van der Waals surface area (Å²) in [4.78, 5) is 0. The molecule has 0 aromatic rings.